The minimum Gasteiger partial charge on any atom is -0.457 e. The van der Waals surface area contributed by atoms with Crippen LogP contribution in [-0.4, -0.2) is 39.0 Å². The summed E-state index contributed by atoms with van der Waals surface area (Å²) in [5.74, 6) is 6.81. The largest absolute Gasteiger partial charge is 0.457 e. The van der Waals surface area contributed by atoms with E-state index in [0.717, 1.165) is 161 Å². The van der Waals surface area contributed by atoms with E-state index in [1.807, 2.05) is 42.5 Å². The van der Waals surface area contributed by atoms with Gasteiger partial charge in [-0.05, 0) is 152 Å². The number of fused-ring (bicyclic) bond motifs is 24. The second kappa shape index (κ2) is 26.2. The van der Waals surface area contributed by atoms with Crippen LogP contribution in [0.25, 0.3) is 168 Å². The second-order valence-electron chi connectivity index (χ2n) is 31.4. The van der Waals surface area contributed by atoms with Crippen molar-refractivity contribution < 1.29 is 9.47 Å². The van der Waals surface area contributed by atoms with E-state index in [-0.39, 0.29) is 0 Å². The summed E-state index contributed by atoms with van der Waals surface area (Å²) in [6.45, 7) is 0. The molecule has 0 saturated carbocycles. The standard InChI is InChI=1S/C110H66N8O2/c1-5-28-67(29-6-1)68-54-58-72(59-55-68)105-111-103(70-30-7-2-8-31-70)114-108(115-105)80-41-27-49-94-102(80)84-64-82-78-39-14-16-43-86(78)110(89-46-19-23-52-99(89)120-100-53-24-20-47-90(100)110)92(82)66-96(84)118(94)76-37-25-34-74(62-76)69-56-60-73(61-57-69)106-112-104(71-32-9-3-10-33-71)113-107(116-106)79-40-26-48-93-101(79)83-63-81-77-38-13-15-42-85(77)109(91(81)65-95(83)117(93)75-35-11-4-12-36-75)87-44-17-21-50-97(87)119-98-51-22-18-45-88(98)109/h1-66H. The van der Waals surface area contributed by atoms with Crippen LogP contribution in [0.5, 0.6) is 23.0 Å². The maximum Gasteiger partial charge on any atom is 0.164 e. The molecule has 0 saturated heterocycles. The van der Waals surface area contributed by atoms with Gasteiger partial charge in [-0.1, -0.05) is 315 Å². The highest BCUT2D eigenvalue weighted by molar-refractivity contribution is 6.19. The molecule has 558 valence electrons. The van der Waals surface area contributed by atoms with E-state index >= 15 is 0 Å². The summed E-state index contributed by atoms with van der Waals surface area (Å²) >= 11 is 0. The number of aromatic nitrogens is 8. The zero-order chi connectivity index (χ0) is 78.7. The Hall–Kier alpha value is -16.0. The Morgan fingerprint density at radius 3 is 0.900 bits per heavy atom. The minimum absolute atomic E-state index is 0.557. The van der Waals surface area contributed by atoms with Gasteiger partial charge < -0.3 is 18.6 Å². The average Bonchev–Trinajstić information content (AvgIpc) is 1.51. The van der Waals surface area contributed by atoms with Gasteiger partial charge in [0.15, 0.2) is 34.9 Å². The van der Waals surface area contributed by atoms with Crippen LogP contribution >= 0.6 is 0 Å². The van der Waals surface area contributed by atoms with E-state index < -0.39 is 10.8 Å². The summed E-state index contributed by atoms with van der Waals surface area (Å²) in [6, 6.07) is 143. The Bertz CT molecular complexity index is 7740. The van der Waals surface area contributed by atoms with Crippen LogP contribution in [-0.2, 0) is 10.8 Å². The normalized spacial score (nSPS) is 13.3. The highest BCUT2D eigenvalue weighted by Crippen LogP contribution is 2.65. The first kappa shape index (κ1) is 67.3. The SMILES string of the molecule is c1ccc(-c2ccc(-c3nc(-c4ccccc4)nc(-c4cccc5c4c4cc6c(cc4n5-c4cccc(-c5ccc(-c7nc(-c8ccccc8)nc(-c8cccc9c8c8cc%10c(cc8n9-c8ccccc8)C8(c9ccccc9Oc9ccccc98)c8ccccc8-%10)n7)cc5)c4)C4(c5ccccc5Oc5ccccc54)c4ccccc4-6)n3)cc2)cc1. The van der Waals surface area contributed by atoms with Crippen LogP contribution in [0.3, 0.4) is 0 Å². The molecule has 0 radical (unpaired) electrons. The predicted octanol–water partition coefficient (Wildman–Crippen LogP) is 26.5. The number of para-hydroxylation sites is 5. The third-order valence-corrected chi connectivity index (χ3v) is 25.2. The van der Waals surface area contributed by atoms with Crippen molar-refractivity contribution in [3.8, 4) is 147 Å². The van der Waals surface area contributed by atoms with Crippen molar-refractivity contribution >= 4 is 43.6 Å². The number of ether oxygens (including phenoxy) is 2. The van der Waals surface area contributed by atoms with Gasteiger partial charge in [0, 0.05) is 88.6 Å². The summed E-state index contributed by atoms with van der Waals surface area (Å²) in [5.41, 5.74) is 28.3. The van der Waals surface area contributed by atoms with Gasteiger partial charge in [0.1, 0.15) is 23.0 Å². The average molecular weight is 1530 g/mol. The molecule has 0 unspecified atom stereocenters. The first-order valence-corrected chi connectivity index (χ1v) is 40.7. The van der Waals surface area contributed by atoms with Crippen molar-refractivity contribution in [3.05, 3.63) is 445 Å². The molecule has 4 aliphatic rings. The second-order valence-corrected chi connectivity index (χ2v) is 31.4. The molecule has 10 heteroatoms. The van der Waals surface area contributed by atoms with Gasteiger partial charge in [0.2, 0.25) is 0 Å². The zero-order valence-corrected chi connectivity index (χ0v) is 64.5. The van der Waals surface area contributed by atoms with Crippen molar-refractivity contribution in [2.75, 3.05) is 0 Å². The fraction of sp³-hybridized carbons (Fsp3) is 0.0182. The lowest BCUT2D eigenvalue weighted by Crippen LogP contribution is -2.32. The van der Waals surface area contributed by atoms with E-state index in [0.29, 0.717) is 34.9 Å². The highest BCUT2D eigenvalue weighted by Gasteiger charge is 2.53. The molecule has 0 N–H and O–H groups in total. The lowest BCUT2D eigenvalue weighted by Gasteiger charge is -2.39. The van der Waals surface area contributed by atoms with Crippen LogP contribution in [0.4, 0.5) is 0 Å². The van der Waals surface area contributed by atoms with Gasteiger partial charge in [-0.3, -0.25) is 0 Å². The molecule has 120 heavy (non-hydrogen) atoms. The molecule has 4 aromatic heterocycles. The summed E-state index contributed by atoms with van der Waals surface area (Å²) in [6.07, 6.45) is 0. The predicted molar refractivity (Wildman–Crippen MR) is 480 cm³/mol. The van der Waals surface area contributed by atoms with Crippen LogP contribution in [0.15, 0.2) is 400 Å². The van der Waals surface area contributed by atoms with E-state index in [4.69, 9.17) is 39.4 Å². The molecule has 0 fully saturated rings. The Labute approximate surface area is 690 Å². The van der Waals surface area contributed by atoms with Crippen LogP contribution in [0, 0.1) is 0 Å². The maximum atomic E-state index is 6.88. The van der Waals surface area contributed by atoms with Crippen molar-refractivity contribution in [2.45, 2.75) is 10.8 Å². The molecule has 2 aliphatic heterocycles. The Kier molecular flexibility index (Phi) is 14.7. The number of hydrogen-bond acceptors (Lipinski definition) is 8. The van der Waals surface area contributed by atoms with Crippen molar-refractivity contribution in [2.24, 2.45) is 0 Å². The van der Waals surface area contributed by atoms with Gasteiger partial charge in [-0.2, -0.15) is 0 Å². The van der Waals surface area contributed by atoms with Crippen molar-refractivity contribution in [3.63, 3.8) is 0 Å². The number of benzene rings is 17. The number of nitrogens with zero attached hydrogens (tertiary/aromatic N) is 8. The minimum atomic E-state index is -0.730. The molecule has 21 aromatic rings. The van der Waals surface area contributed by atoms with E-state index in [1.165, 1.54) is 38.9 Å². The monoisotopic (exact) mass is 1530 g/mol. The molecule has 2 aliphatic carbocycles. The zero-order valence-electron chi connectivity index (χ0n) is 64.5. The van der Waals surface area contributed by atoms with Gasteiger partial charge in [0.05, 0.1) is 32.9 Å². The molecule has 0 atom stereocenters. The van der Waals surface area contributed by atoms with E-state index in [2.05, 4.69) is 367 Å². The fourth-order valence-electron chi connectivity index (χ4n) is 20.1. The molecular formula is C110H66N8O2. The molecular weight excluding hydrogens is 1470 g/mol. The summed E-state index contributed by atoms with van der Waals surface area (Å²) < 4.78 is 18.5. The lowest BCUT2D eigenvalue weighted by molar-refractivity contribution is 0.436. The number of hydrogen-bond donors (Lipinski definition) is 0. The van der Waals surface area contributed by atoms with Crippen molar-refractivity contribution in [1.82, 2.24) is 39.0 Å². The molecule has 0 bridgehead atoms. The molecule has 10 nitrogen and oxygen atoms in total. The Balaban J connectivity index is 0.661. The quantitative estimate of drug-likeness (QED) is 0.133. The lowest BCUT2D eigenvalue weighted by atomic mass is 9.66. The maximum absolute atomic E-state index is 6.88. The van der Waals surface area contributed by atoms with Crippen molar-refractivity contribution in [1.29, 1.82) is 0 Å². The third kappa shape index (κ3) is 9.90. The van der Waals surface area contributed by atoms with Crippen LogP contribution in [0.1, 0.15) is 44.5 Å². The smallest absolute Gasteiger partial charge is 0.164 e. The molecule has 17 aromatic carbocycles. The van der Waals surface area contributed by atoms with Crippen LogP contribution < -0.4 is 9.47 Å². The Morgan fingerprint density at radius 1 is 0.183 bits per heavy atom. The third-order valence-electron chi connectivity index (χ3n) is 25.2. The van der Waals surface area contributed by atoms with E-state index in [9.17, 15) is 0 Å². The van der Waals surface area contributed by atoms with E-state index in [1.54, 1.807) is 0 Å². The molecule has 2 spiro atoms. The first-order chi connectivity index (χ1) is 59.5. The van der Waals surface area contributed by atoms with Gasteiger partial charge in [-0.25, -0.2) is 29.9 Å². The molecule has 6 heterocycles. The Morgan fingerprint density at radius 2 is 0.475 bits per heavy atom. The summed E-state index contributed by atoms with van der Waals surface area (Å²) in [4.78, 5) is 32.7. The summed E-state index contributed by atoms with van der Waals surface area (Å²) in [5, 5.41) is 4.21. The van der Waals surface area contributed by atoms with Gasteiger partial charge in [0.25, 0.3) is 0 Å². The topological polar surface area (TPSA) is 106 Å². The first-order valence-electron chi connectivity index (χ1n) is 40.7. The highest BCUT2D eigenvalue weighted by atomic mass is 16.5. The van der Waals surface area contributed by atoms with Crippen LogP contribution in [0.2, 0.25) is 0 Å². The van der Waals surface area contributed by atoms with Gasteiger partial charge in [-0.15, -0.1) is 0 Å². The summed E-state index contributed by atoms with van der Waals surface area (Å²) in [7, 11) is 0. The fourth-order valence-corrected chi connectivity index (χ4v) is 20.1. The molecule has 0 amide bonds. The van der Waals surface area contributed by atoms with Gasteiger partial charge >= 0.3 is 0 Å². The number of rotatable bonds is 10. The molecule has 25 rings (SSSR count).